The third-order valence-electron chi connectivity index (χ3n) is 3.51. The molecular weight excluding hydrogens is 294 g/mol. The molecule has 0 heterocycles. The van der Waals surface area contributed by atoms with E-state index in [9.17, 15) is 9.59 Å². The number of nitrogens with one attached hydrogen (secondary N) is 1. The fraction of sp³-hybridized carbons (Fsp3) is 0.556. The Labute approximate surface area is 138 Å². The summed E-state index contributed by atoms with van der Waals surface area (Å²) in [5.74, 6) is 1.29. The highest BCUT2D eigenvalue weighted by Gasteiger charge is 2.12. The number of ketones is 1. The number of Topliss-reactive ketones (excluding diaryl/α,β-unsaturated/α-hetero) is 1. The van der Waals surface area contributed by atoms with Gasteiger partial charge in [-0.15, -0.1) is 0 Å². The van der Waals surface area contributed by atoms with Crippen LogP contribution in [0.1, 0.15) is 50.9 Å². The van der Waals surface area contributed by atoms with Crippen LogP contribution in [-0.2, 0) is 4.79 Å². The molecule has 1 aromatic carbocycles. The molecule has 0 unspecified atom stereocenters. The van der Waals surface area contributed by atoms with Crippen molar-refractivity contribution in [1.29, 1.82) is 0 Å². The van der Waals surface area contributed by atoms with Crippen molar-refractivity contribution < 1.29 is 19.1 Å². The second-order valence-corrected chi connectivity index (χ2v) is 6.15. The van der Waals surface area contributed by atoms with E-state index in [1.165, 1.54) is 14.0 Å². The molecule has 0 saturated carbocycles. The Morgan fingerprint density at radius 3 is 2.39 bits per heavy atom. The fourth-order valence-corrected chi connectivity index (χ4v) is 2.12. The van der Waals surface area contributed by atoms with E-state index in [1.54, 1.807) is 18.2 Å². The summed E-state index contributed by atoms with van der Waals surface area (Å²) in [7, 11) is 1.50. The molecule has 0 aliphatic rings. The van der Waals surface area contributed by atoms with Crippen LogP contribution in [0.2, 0.25) is 0 Å². The Morgan fingerprint density at radius 2 is 1.83 bits per heavy atom. The van der Waals surface area contributed by atoms with Crippen molar-refractivity contribution in [3.05, 3.63) is 23.8 Å². The van der Waals surface area contributed by atoms with E-state index < -0.39 is 0 Å². The minimum Gasteiger partial charge on any atom is -0.493 e. The molecule has 0 aliphatic carbocycles. The first-order valence-electron chi connectivity index (χ1n) is 7.94. The molecule has 0 spiro atoms. The molecule has 0 radical (unpaired) electrons. The summed E-state index contributed by atoms with van der Waals surface area (Å²) in [5, 5.41) is 2.91. The minimum absolute atomic E-state index is 0.0495. The lowest BCUT2D eigenvalue weighted by atomic mass is 10.0. The molecule has 1 amide bonds. The fourth-order valence-electron chi connectivity index (χ4n) is 2.12. The zero-order valence-electron chi connectivity index (χ0n) is 14.6. The highest BCUT2D eigenvalue weighted by molar-refractivity contribution is 5.94. The summed E-state index contributed by atoms with van der Waals surface area (Å²) in [6, 6.07) is 5.03. The van der Waals surface area contributed by atoms with Crippen LogP contribution < -0.4 is 14.8 Å². The summed E-state index contributed by atoms with van der Waals surface area (Å²) in [4.78, 5) is 23.3. The van der Waals surface area contributed by atoms with E-state index in [1.807, 2.05) is 6.92 Å². The monoisotopic (exact) mass is 321 g/mol. The number of benzene rings is 1. The van der Waals surface area contributed by atoms with Crippen molar-refractivity contribution in [3.8, 4) is 11.5 Å². The molecule has 1 N–H and O–H groups in total. The minimum atomic E-state index is -0.168. The SMILES string of the molecule is COc1cc(C(C)=O)ccc1OCC(=O)N[C@H](C)CCC(C)C. The number of hydrogen-bond acceptors (Lipinski definition) is 4. The topological polar surface area (TPSA) is 64.6 Å². The number of carbonyl (C=O) groups is 2. The predicted octanol–water partition coefficient (Wildman–Crippen LogP) is 3.22. The first kappa shape index (κ1) is 19.0. The highest BCUT2D eigenvalue weighted by Crippen LogP contribution is 2.28. The van der Waals surface area contributed by atoms with Gasteiger partial charge in [-0.2, -0.15) is 0 Å². The molecule has 23 heavy (non-hydrogen) atoms. The van der Waals surface area contributed by atoms with Gasteiger partial charge in [-0.05, 0) is 50.8 Å². The maximum Gasteiger partial charge on any atom is 0.258 e. The zero-order valence-corrected chi connectivity index (χ0v) is 14.6. The molecule has 0 saturated heterocycles. The molecule has 5 nitrogen and oxygen atoms in total. The highest BCUT2D eigenvalue weighted by atomic mass is 16.5. The zero-order chi connectivity index (χ0) is 17.4. The average molecular weight is 321 g/mol. The van der Waals surface area contributed by atoms with Crippen molar-refractivity contribution in [2.45, 2.75) is 46.6 Å². The van der Waals surface area contributed by atoms with Gasteiger partial charge in [0.2, 0.25) is 0 Å². The molecule has 0 fully saturated rings. The van der Waals surface area contributed by atoms with Gasteiger partial charge in [-0.25, -0.2) is 0 Å². The van der Waals surface area contributed by atoms with Crippen molar-refractivity contribution >= 4 is 11.7 Å². The molecular formula is C18H27NO4. The lowest BCUT2D eigenvalue weighted by Gasteiger charge is -2.16. The quantitative estimate of drug-likeness (QED) is 0.709. The number of amides is 1. The predicted molar refractivity (Wildman–Crippen MR) is 90.2 cm³/mol. The lowest BCUT2D eigenvalue weighted by molar-refractivity contribution is -0.123. The van der Waals surface area contributed by atoms with Crippen LogP contribution >= 0.6 is 0 Å². The van der Waals surface area contributed by atoms with Gasteiger partial charge in [-0.3, -0.25) is 9.59 Å². The van der Waals surface area contributed by atoms with E-state index in [4.69, 9.17) is 9.47 Å². The molecule has 5 heteroatoms. The molecule has 1 rings (SSSR count). The molecule has 0 bridgehead atoms. The average Bonchev–Trinajstić information content (AvgIpc) is 2.50. The molecule has 1 atom stereocenters. The largest absolute Gasteiger partial charge is 0.493 e. The second-order valence-electron chi connectivity index (χ2n) is 6.15. The van der Waals surface area contributed by atoms with Crippen LogP contribution in [0, 0.1) is 5.92 Å². The molecule has 1 aromatic rings. The maximum absolute atomic E-state index is 11.9. The maximum atomic E-state index is 11.9. The van der Waals surface area contributed by atoms with Crippen molar-refractivity contribution in [1.82, 2.24) is 5.32 Å². The summed E-state index contributed by atoms with van der Waals surface area (Å²) in [5.41, 5.74) is 0.543. The Balaban J connectivity index is 2.54. The van der Waals surface area contributed by atoms with Gasteiger partial charge in [0.15, 0.2) is 23.9 Å². The van der Waals surface area contributed by atoms with E-state index in [0.29, 0.717) is 23.0 Å². The smallest absolute Gasteiger partial charge is 0.258 e. The van der Waals surface area contributed by atoms with Crippen molar-refractivity contribution in [3.63, 3.8) is 0 Å². The molecule has 0 aromatic heterocycles. The van der Waals surface area contributed by atoms with Gasteiger partial charge in [-0.1, -0.05) is 13.8 Å². The van der Waals surface area contributed by atoms with Gasteiger partial charge in [0.25, 0.3) is 5.91 Å². The van der Waals surface area contributed by atoms with Crippen LogP contribution in [0.15, 0.2) is 18.2 Å². The first-order chi connectivity index (χ1) is 10.8. The van der Waals surface area contributed by atoms with Crippen molar-refractivity contribution in [2.75, 3.05) is 13.7 Å². The van der Waals surface area contributed by atoms with Gasteiger partial charge >= 0.3 is 0 Å². The van der Waals surface area contributed by atoms with Gasteiger partial charge in [0.1, 0.15) is 0 Å². The third-order valence-corrected chi connectivity index (χ3v) is 3.51. The van der Waals surface area contributed by atoms with Gasteiger partial charge < -0.3 is 14.8 Å². The number of carbonyl (C=O) groups excluding carboxylic acids is 2. The van der Waals surface area contributed by atoms with Gasteiger partial charge in [0, 0.05) is 11.6 Å². The van der Waals surface area contributed by atoms with Crippen LogP contribution in [0.25, 0.3) is 0 Å². The number of ether oxygens (including phenoxy) is 2. The second kappa shape index (κ2) is 9.18. The standard InChI is InChI=1S/C18H27NO4/c1-12(2)6-7-13(3)19-18(21)11-23-16-9-8-15(14(4)20)10-17(16)22-5/h8-10,12-13H,6-7,11H2,1-5H3,(H,19,21)/t13-/m1/s1. The van der Waals surface area contributed by atoms with Crippen molar-refractivity contribution in [2.24, 2.45) is 5.92 Å². The lowest BCUT2D eigenvalue weighted by Crippen LogP contribution is -2.36. The number of rotatable bonds is 9. The van der Waals surface area contributed by atoms with Gasteiger partial charge in [0.05, 0.1) is 7.11 Å². The number of hydrogen-bond donors (Lipinski definition) is 1. The van der Waals surface area contributed by atoms with Crippen LogP contribution in [0.3, 0.4) is 0 Å². The summed E-state index contributed by atoms with van der Waals surface area (Å²) < 4.78 is 10.7. The number of methoxy groups -OCH3 is 1. The van der Waals surface area contributed by atoms with E-state index in [2.05, 4.69) is 19.2 Å². The molecule has 0 aliphatic heterocycles. The normalized spacial score (nSPS) is 11.9. The van der Waals surface area contributed by atoms with Crippen LogP contribution in [0.4, 0.5) is 0 Å². The van der Waals surface area contributed by atoms with E-state index in [0.717, 1.165) is 12.8 Å². The van der Waals surface area contributed by atoms with Crippen LogP contribution in [0.5, 0.6) is 11.5 Å². The third kappa shape index (κ3) is 6.72. The van der Waals surface area contributed by atoms with Crippen LogP contribution in [-0.4, -0.2) is 31.4 Å². The Kier molecular flexibility index (Phi) is 7.59. The summed E-state index contributed by atoms with van der Waals surface area (Å²) in [6.45, 7) is 7.72. The summed E-state index contributed by atoms with van der Waals surface area (Å²) in [6.07, 6.45) is 2.02. The Bertz CT molecular complexity index is 540. The molecule has 128 valence electrons. The Morgan fingerprint density at radius 1 is 1.13 bits per heavy atom. The van der Waals surface area contributed by atoms with E-state index >= 15 is 0 Å². The van der Waals surface area contributed by atoms with E-state index in [-0.39, 0.29) is 24.3 Å². The first-order valence-corrected chi connectivity index (χ1v) is 7.94. The Hall–Kier alpha value is -2.04. The summed E-state index contributed by atoms with van der Waals surface area (Å²) >= 11 is 0.